The van der Waals surface area contributed by atoms with Gasteiger partial charge in [-0.15, -0.1) is 11.3 Å². The van der Waals surface area contributed by atoms with Crippen molar-refractivity contribution in [2.75, 3.05) is 6.54 Å². The lowest BCUT2D eigenvalue weighted by Crippen LogP contribution is -2.38. The highest BCUT2D eigenvalue weighted by Crippen LogP contribution is 2.15. The van der Waals surface area contributed by atoms with Crippen LogP contribution in [0.3, 0.4) is 0 Å². The summed E-state index contributed by atoms with van der Waals surface area (Å²) in [5.41, 5.74) is 1.17. The van der Waals surface area contributed by atoms with Crippen LogP contribution in [-0.4, -0.2) is 17.6 Å². The molecule has 0 aliphatic carbocycles. The van der Waals surface area contributed by atoms with Gasteiger partial charge >= 0.3 is 6.03 Å². The van der Waals surface area contributed by atoms with E-state index >= 15 is 0 Å². The summed E-state index contributed by atoms with van der Waals surface area (Å²) in [7, 11) is 0. The normalized spacial score (nSPS) is 12.0. The molecular weight excluding hydrogens is 308 g/mol. The third-order valence-electron chi connectivity index (χ3n) is 3.12. The minimum Gasteiger partial charge on any atom is -0.338 e. The van der Waals surface area contributed by atoms with Crippen molar-refractivity contribution in [2.45, 2.75) is 26.3 Å². The predicted octanol–water partition coefficient (Wildman–Crippen LogP) is 3.33. The molecule has 1 atom stereocenters. The number of halogens is 2. The Kier molecular flexibility index (Phi) is 5.43. The summed E-state index contributed by atoms with van der Waals surface area (Å²) in [6.07, 6.45) is 0.295. The number of carbonyl (C=O) groups is 1. The topological polar surface area (TPSA) is 54.0 Å². The first kappa shape index (κ1) is 16.4. The molecule has 1 heterocycles. The number of aromatic nitrogens is 1. The number of urea groups is 1. The van der Waals surface area contributed by atoms with Crippen LogP contribution < -0.4 is 10.6 Å². The lowest BCUT2D eigenvalue weighted by molar-refractivity contribution is 0.238. The van der Waals surface area contributed by atoms with Crippen LogP contribution in [0.2, 0.25) is 0 Å². The van der Waals surface area contributed by atoms with Crippen molar-refractivity contribution in [2.24, 2.45) is 0 Å². The Bertz CT molecular complexity index is 660. The van der Waals surface area contributed by atoms with E-state index < -0.39 is 11.6 Å². The molecule has 1 aromatic heterocycles. The largest absolute Gasteiger partial charge is 0.338 e. The van der Waals surface area contributed by atoms with E-state index in [2.05, 4.69) is 15.6 Å². The SMILES string of the molecule is Cc1nc(C(C)NC(=O)NCCc2ccc(F)cc2F)cs1. The van der Waals surface area contributed by atoms with E-state index in [1.165, 1.54) is 23.5 Å². The number of aryl methyl sites for hydroxylation is 1. The van der Waals surface area contributed by atoms with Crippen molar-refractivity contribution in [1.29, 1.82) is 0 Å². The number of hydrogen-bond donors (Lipinski definition) is 2. The fourth-order valence-electron chi connectivity index (χ4n) is 1.94. The molecule has 0 fully saturated rings. The van der Waals surface area contributed by atoms with Gasteiger partial charge in [0.2, 0.25) is 0 Å². The smallest absolute Gasteiger partial charge is 0.315 e. The first-order valence-electron chi connectivity index (χ1n) is 6.86. The molecule has 0 aliphatic rings. The predicted molar refractivity (Wildman–Crippen MR) is 81.9 cm³/mol. The third-order valence-corrected chi connectivity index (χ3v) is 3.91. The Labute approximate surface area is 131 Å². The van der Waals surface area contributed by atoms with Gasteiger partial charge in [-0.25, -0.2) is 18.6 Å². The summed E-state index contributed by atoms with van der Waals surface area (Å²) in [5, 5.41) is 8.24. The summed E-state index contributed by atoms with van der Waals surface area (Å²) >= 11 is 1.52. The fourth-order valence-corrected chi connectivity index (χ4v) is 2.64. The van der Waals surface area contributed by atoms with Gasteiger partial charge < -0.3 is 10.6 Å². The van der Waals surface area contributed by atoms with Gasteiger partial charge in [0.15, 0.2) is 0 Å². The Morgan fingerprint density at radius 3 is 2.82 bits per heavy atom. The molecule has 0 bridgehead atoms. The quantitative estimate of drug-likeness (QED) is 0.886. The van der Waals surface area contributed by atoms with E-state index in [9.17, 15) is 13.6 Å². The van der Waals surface area contributed by atoms with Gasteiger partial charge in [0, 0.05) is 18.0 Å². The Balaban J connectivity index is 1.78. The molecule has 2 rings (SSSR count). The van der Waals surface area contributed by atoms with Gasteiger partial charge in [0.05, 0.1) is 16.7 Å². The maximum atomic E-state index is 13.4. The Hall–Kier alpha value is -2.02. The average Bonchev–Trinajstić information content (AvgIpc) is 2.88. The molecule has 2 amide bonds. The second-order valence-corrected chi connectivity index (χ2v) is 5.96. The van der Waals surface area contributed by atoms with Crippen molar-refractivity contribution in [3.8, 4) is 0 Å². The van der Waals surface area contributed by atoms with Gasteiger partial charge in [0.25, 0.3) is 0 Å². The minimum absolute atomic E-state index is 0.201. The van der Waals surface area contributed by atoms with Crippen molar-refractivity contribution >= 4 is 17.4 Å². The second-order valence-electron chi connectivity index (χ2n) is 4.90. The van der Waals surface area contributed by atoms with Gasteiger partial charge in [-0.2, -0.15) is 0 Å². The number of benzene rings is 1. The molecule has 1 unspecified atom stereocenters. The van der Waals surface area contributed by atoms with Gasteiger partial charge in [-0.1, -0.05) is 6.07 Å². The van der Waals surface area contributed by atoms with Crippen LogP contribution in [0.25, 0.3) is 0 Å². The van der Waals surface area contributed by atoms with E-state index in [1.807, 2.05) is 19.2 Å². The summed E-state index contributed by atoms with van der Waals surface area (Å²) in [6, 6.07) is 2.87. The maximum Gasteiger partial charge on any atom is 0.315 e. The summed E-state index contributed by atoms with van der Waals surface area (Å²) in [5.74, 6) is -1.21. The third kappa shape index (κ3) is 4.49. The number of hydrogen-bond acceptors (Lipinski definition) is 3. The first-order valence-corrected chi connectivity index (χ1v) is 7.74. The summed E-state index contributed by atoms with van der Waals surface area (Å²) < 4.78 is 26.2. The van der Waals surface area contributed by atoms with Crippen LogP contribution in [0.15, 0.2) is 23.6 Å². The lowest BCUT2D eigenvalue weighted by atomic mass is 10.1. The van der Waals surface area contributed by atoms with E-state index in [0.717, 1.165) is 16.8 Å². The molecule has 2 aromatic rings. The second kappa shape index (κ2) is 7.31. The highest BCUT2D eigenvalue weighted by molar-refractivity contribution is 7.09. The standard InChI is InChI=1S/C15H17F2N3OS/c1-9(14-8-22-10(2)20-14)19-15(21)18-6-5-11-3-4-12(16)7-13(11)17/h3-4,7-9H,5-6H2,1-2H3,(H2,18,19,21). The average molecular weight is 325 g/mol. The monoisotopic (exact) mass is 325 g/mol. The summed E-state index contributed by atoms with van der Waals surface area (Å²) in [4.78, 5) is 16.1. The number of nitrogens with zero attached hydrogens (tertiary/aromatic N) is 1. The molecule has 7 heteroatoms. The van der Waals surface area contributed by atoms with E-state index in [4.69, 9.17) is 0 Å². The molecule has 0 saturated carbocycles. The van der Waals surface area contributed by atoms with Gasteiger partial charge in [-0.3, -0.25) is 0 Å². The van der Waals surface area contributed by atoms with Crippen molar-refractivity contribution in [3.05, 3.63) is 51.5 Å². The van der Waals surface area contributed by atoms with Crippen molar-refractivity contribution < 1.29 is 13.6 Å². The molecule has 2 N–H and O–H groups in total. The van der Waals surface area contributed by atoms with Gasteiger partial charge in [0.1, 0.15) is 11.6 Å². The number of thiazole rings is 1. The zero-order valence-electron chi connectivity index (χ0n) is 12.3. The maximum absolute atomic E-state index is 13.4. The lowest BCUT2D eigenvalue weighted by Gasteiger charge is -2.13. The highest BCUT2D eigenvalue weighted by atomic mass is 32.1. The molecule has 1 aromatic carbocycles. The van der Waals surface area contributed by atoms with Crippen LogP contribution in [0.5, 0.6) is 0 Å². The number of rotatable bonds is 5. The zero-order chi connectivity index (χ0) is 16.1. The minimum atomic E-state index is -0.612. The highest BCUT2D eigenvalue weighted by Gasteiger charge is 2.12. The zero-order valence-corrected chi connectivity index (χ0v) is 13.1. The van der Waals surface area contributed by atoms with Crippen LogP contribution >= 0.6 is 11.3 Å². The molecular formula is C15H17F2N3OS. The molecule has 0 saturated heterocycles. The summed E-state index contributed by atoms with van der Waals surface area (Å²) in [6.45, 7) is 4.00. The Morgan fingerprint density at radius 1 is 1.41 bits per heavy atom. The number of carbonyl (C=O) groups excluding carboxylic acids is 1. The van der Waals surface area contributed by atoms with Crippen LogP contribution in [0, 0.1) is 18.6 Å². The molecule has 118 valence electrons. The van der Waals surface area contributed by atoms with Crippen LogP contribution in [0.1, 0.15) is 29.2 Å². The van der Waals surface area contributed by atoms with Crippen LogP contribution in [-0.2, 0) is 6.42 Å². The Morgan fingerprint density at radius 2 is 2.18 bits per heavy atom. The van der Waals surface area contributed by atoms with E-state index in [0.29, 0.717) is 12.0 Å². The van der Waals surface area contributed by atoms with Crippen molar-refractivity contribution in [3.63, 3.8) is 0 Å². The van der Waals surface area contributed by atoms with E-state index in [1.54, 1.807) is 0 Å². The molecule has 0 spiro atoms. The fraction of sp³-hybridized carbons (Fsp3) is 0.333. The molecule has 4 nitrogen and oxygen atoms in total. The van der Waals surface area contributed by atoms with E-state index in [-0.39, 0.29) is 18.6 Å². The van der Waals surface area contributed by atoms with Gasteiger partial charge in [-0.05, 0) is 31.9 Å². The molecule has 22 heavy (non-hydrogen) atoms. The molecule has 0 aliphatic heterocycles. The molecule has 0 radical (unpaired) electrons. The number of nitrogens with one attached hydrogen (secondary N) is 2. The van der Waals surface area contributed by atoms with Crippen molar-refractivity contribution in [1.82, 2.24) is 15.6 Å². The van der Waals surface area contributed by atoms with Crippen LogP contribution in [0.4, 0.5) is 13.6 Å². The first-order chi connectivity index (χ1) is 10.5. The number of amides is 2.